The summed E-state index contributed by atoms with van der Waals surface area (Å²) in [6.07, 6.45) is -0.240. The van der Waals surface area contributed by atoms with Crippen LogP contribution in [0.3, 0.4) is 0 Å². The van der Waals surface area contributed by atoms with Crippen LogP contribution >= 0.6 is 0 Å². The first-order valence-electron chi connectivity index (χ1n) is 25.5. The molecule has 69 heavy (non-hydrogen) atoms. The van der Waals surface area contributed by atoms with E-state index in [1.165, 1.54) is 11.1 Å². The van der Waals surface area contributed by atoms with Crippen molar-refractivity contribution in [3.8, 4) is 50.7 Å². The Kier molecular flexibility index (Phi) is 10.4. The Balaban J connectivity index is 0.00000626. The number of pyridine rings is 1. The van der Waals surface area contributed by atoms with E-state index < -0.39 is 6.85 Å². The smallest absolute Gasteiger partial charge is 0.135 e. The van der Waals surface area contributed by atoms with Crippen molar-refractivity contribution < 1.29 is 32.7 Å². The minimum Gasteiger partial charge on any atom is -0.509 e. The van der Waals surface area contributed by atoms with Crippen molar-refractivity contribution in [3.05, 3.63) is 224 Å². The fraction of sp³-hybridized carbons (Fsp3) is 0.143. The monoisotopic (exact) mass is 1080 g/mol. The van der Waals surface area contributed by atoms with Gasteiger partial charge in [0, 0.05) is 82.1 Å². The van der Waals surface area contributed by atoms with E-state index in [2.05, 4.69) is 166 Å². The van der Waals surface area contributed by atoms with Crippen LogP contribution in [0.2, 0.25) is 0 Å². The molecule has 2 aromatic heterocycles. The predicted octanol–water partition coefficient (Wildman–Crippen LogP) is 16.9. The fourth-order valence-electron chi connectivity index (χ4n) is 9.21. The molecule has 0 bridgehead atoms. The SMILES string of the molecule is [2H]c1nc(-n2c3[c-]c(Oc4[c-]c(N5[CH-]N(c6c(-c7ccccc7)cccc6-c6cc(C(C)(C)C)cc(C(C)(C)C)c6)c6ccccc65)ccc4)ccc3c3ccccc32)c([2H])c(C([2H])([2H])[2H])c1-c1ccccc1.[Pt]. The van der Waals surface area contributed by atoms with Gasteiger partial charge in [0.25, 0.3) is 0 Å². The van der Waals surface area contributed by atoms with Crippen LogP contribution in [0.4, 0.5) is 22.7 Å². The van der Waals surface area contributed by atoms with Gasteiger partial charge in [-0.1, -0.05) is 174 Å². The molecule has 0 amide bonds. The van der Waals surface area contributed by atoms with Gasteiger partial charge in [-0.25, -0.2) is 4.98 Å². The van der Waals surface area contributed by atoms with Crippen molar-refractivity contribution in [3.63, 3.8) is 0 Å². The fourth-order valence-corrected chi connectivity index (χ4v) is 9.21. The second-order valence-electron chi connectivity index (χ2n) is 19.4. The number of fused-ring (bicyclic) bond motifs is 4. The number of hydrogen-bond donors (Lipinski definition) is 0. The third-order valence-electron chi connectivity index (χ3n) is 12.8. The number of rotatable bonds is 8. The number of benzene rings is 8. The maximum atomic E-state index is 9.46. The molecule has 0 N–H and O–H groups in total. The molecule has 0 radical (unpaired) electrons. The molecule has 11 rings (SSSR count). The van der Waals surface area contributed by atoms with Gasteiger partial charge in [-0.3, -0.25) is 0 Å². The summed E-state index contributed by atoms with van der Waals surface area (Å²) >= 11 is 0. The van der Waals surface area contributed by atoms with E-state index in [9.17, 15) is 1.37 Å². The quantitative estimate of drug-likeness (QED) is 0.142. The third-order valence-corrected chi connectivity index (χ3v) is 12.8. The topological polar surface area (TPSA) is 33.5 Å². The Labute approximate surface area is 428 Å². The Hall–Kier alpha value is -7.20. The molecule has 1 aliphatic heterocycles. The second kappa shape index (κ2) is 18.0. The van der Waals surface area contributed by atoms with E-state index in [1.54, 1.807) is 28.8 Å². The summed E-state index contributed by atoms with van der Waals surface area (Å²) in [4.78, 5) is 9.11. The summed E-state index contributed by atoms with van der Waals surface area (Å²) in [6.45, 7) is 13.1. The number of ether oxygens (including phenoxy) is 1. The summed E-state index contributed by atoms with van der Waals surface area (Å²) in [5.74, 6) is 0.842. The first-order valence-corrected chi connectivity index (χ1v) is 23.0. The molecular weight excluding hydrogens is 1020 g/mol. The Bertz CT molecular complexity index is 3720. The van der Waals surface area contributed by atoms with Gasteiger partial charge in [0.05, 0.1) is 2.74 Å². The van der Waals surface area contributed by atoms with Crippen LogP contribution in [0.5, 0.6) is 11.5 Å². The van der Waals surface area contributed by atoms with Crippen LogP contribution in [0.25, 0.3) is 61.0 Å². The van der Waals surface area contributed by atoms with Crippen LogP contribution in [-0.4, -0.2) is 9.55 Å². The number of nitrogens with zero attached hydrogens (tertiary/aromatic N) is 4. The molecule has 5 nitrogen and oxygen atoms in total. The van der Waals surface area contributed by atoms with Crippen molar-refractivity contribution in [1.82, 2.24) is 9.55 Å². The third kappa shape index (κ3) is 8.55. The summed E-state index contributed by atoms with van der Waals surface area (Å²) < 4.78 is 52.7. The minimum absolute atomic E-state index is 0. The molecule has 0 atom stereocenters. The Morgan fingerprint density at radius 1 is 0.565 bits per heavy atom. The molecule has 10 aromatic rings. The number of anilines is 4. The first kappa shape index (κ1) is 39.8. The molecule has 0 saturated heterocycles. The molecule has 3 heterocycles. The van der Waals surface area contributed by atoms with Crippen molar-refractivity contribution in [1.29, 1.82) is 0 Å². The zero-order valence-corrected chi connectivity index (χ0v) is 41.6. The summed E-state index contributed by atoms with van der Waals surface area (Å²) in [5.41, 5.74) is 12.3. The van der Waals surface area contributed by atoms with E-state index in [-0.39, 0.29) is 61.1 Å². The van der Waals surface area contributed by atoms with E-state index >= 15 is 0 Å². The second-order valence-corrected chi connectivity index (χ2v) is 19.4. The van der Waals surface area contributed by atoms with Crippen molar-refractivity contribution in [2.75, 3.05) is 9.80 Å². The van der Waals surface area contributed by atoms with E-state index in [1.807, 2.05) is 60.7 Å². The molecule has 344 valence electrons. The Morgan fingerprint density at radius 2 is 1.16 bits per heavy atom. The van der Waals surface area contributed by atoms with Gasteiger partial charge < -0.3 is 19.1 Å². The van der Waals surface area contributed by atoms with Crippen molar-refractivity contribution in [2.45, 2.75) is 59.2 Å². The predicted molar refractivity (Wildman–Crippen MR) is 283 cm³/mol. The van der Waals surface area contributed by atoms with Crippen LogP contribution in [0.1, 0.15) is 65.1 Å². The molecule has 1 aliphatic rings. The molecule has 0 saturated carbocycles. The average Bonchev–Trinajstić information content (AvgIpc) is 3.94. The Morgan fingerprint density at radius 3 is 1.84 bits per heavy atom. The summed E-state index contributed by atoms with van der Waals surface area (Å²) in [6, 6.07) is 65.5. The number of para-hydroxylation sites is 4. The first-order chi connectivity index (χ1) is 34.9. The molecule has 8 aromatic carbocycles. The van der Waals surface area contributed by atoms with Gasteiger partial charge in [0.2, 0.25) is 0 Å². The molecule has 0 spiro atoms. The van der Waals surface area contributed by atoms with Gasteiger partial charge in [-0.05, 0) is 80.7 Å². The molecule has 6 heteroatoms. The maximum absolute atomic E-state index is 9.46. The van der Waals surface area contributed by atoms with Crippen LogP contribution in [-0.2, 0) is 31.9 Å². The molecular formula is C63H53N4OPt-3. The van der Waals surface area contributed by atoms with E-state index in [4.69, 9.17) is 10.2 Å². The van der Waals surface area contributed by atoms with Crippen LogP contribution in [0.15, 0.2) is 188 Å². The van der Waals surface area contributed by atoms with Gasteiger partial charge >= 0.3 is 0 Å². The number of hydrogen-bond acceptors (Lipinski definition) is 4. The van der Waals surface area contributed by atoms with E-state index in [0.717, 1.165) is 55.8 Å². The zero-order chi connectivity index (χ0) is 51.0. The normalized spacial score (nSPS) is 13.9. The standard InChI is InChI=1S/C63H53N4O.Pt/c1-42-34-60(64-40-55(42)44-22-12-9-13-23-44)67-56-29-15-14-26-53(56)54-33-32-50(39-59(54)67)68-49-25-18-24-48(38-49)65-41-66(58-31-17-16-30-57(58)65)61-51(43-20-10-8-11-21-43)27-19-28-52(61)45-35-46(62(2,3)4)37-47(36-45)63(5,6)7;/h8-37,40-41H,1-7H3;/q-3;/i1D3,34D,40D;. The minimum atomic E-state index is -2.71. The van der Waals surface area contributed by atoms with Gasteiger partial charge in [-0.15, -0.1) is 48.1 Å². The molecule has 0 aliphatic carbocycles. The molecule has 0 unspecified atom stereocenters. The molecule has 0 fully saturated rings. The van der Waals surface area contributed by atoms with Gasteiger partial charge in [-0.2, -0.15) is 12.1 Å². The van der Waals surface area contributed by atoms with Gasteiger partial charge in [0.1, 0.15) is 5.82 Å². The van der Waals surface area contributed by atoms with Crippen LogP contribution in [0, 0.1) is 25.7 Å². The average molecular weight is 1080 g/mol. The van der Waals surface area contributed by atoms with Gasteiger partial charge in [0.15, 0.2) is 0 Å². The number of aromatic nitrogens is 2. The summed E-state index contributed by atoms with van der Waals surface area (Å²) in [7, 11) is 0. The zero-order valence-electron chi connectivity index (χ0n) is 44.3. The van der Waals surface area contributed by atoms with E-state index in [0.29, 0.717) is 28.1 Å². The van der Waals surface area contributed by atoms with Crippen molar-refractivity contribution in [2.24, 2.45) is 0 Å². The van der Waals surface area contributed by atoms with Crippen molar-refractivity contribution >= 4 is 44.6 Å². The largest absolute Gasteiger partial charge is 0.509 e. The summed E-state index contributed by atoms with van der Waals surface area (Å²) in [5, 5.41) is 1.65. The maximum Gasteiger partial charge on any atom is 0.135 e. The van der Waals surface area contributed by atoms with Crippen LogP contribution < -0.4 is 14.5 Å².